The van der Waals surface area contributed by atoms with E-state index in [0.717, 1.165) is 12.0 Å². The maximum absolute atomic E-state index is 14.6. The third-order valence-electron chi connectivity index (χ3n) is 8.72. The van der Waals surface area contributed by atoms with Crippen molar-refractivity contribution in [2.75, 3.05) is 26.2 Å². The largest absolute Gasteiger partial charge is 0.394 e. The maximum atomic E-state index is 14.6. The molecule has 1 aromatic rings. The van der Waals surface area contributed by atoms with E-state index in [1.165, 1.54) is 0 Å². The molecule has 0 saturated carbocycles. The first-order chi connectivity index (χ1) is 18.7. The fraction of sp³-hybridized carbons (Fsp3) is 0.581. The molecule has 0 aliphatic carbocycles. The number of hydrogen-bond donors (Lipinski definition) is 1. The molecule has 0 bridgehead atoms. The first-order valence-corrected chi connectivity index (χ1v) is 15.1. The van der Waals surface area contributed by atoms with Crippen LogP contribution in [-0.2, 0) is 20.9 Å². The molecular formula is C31H41N3O4S. The molecule has 1 unspecified atom stereocenters. The lowest BCUT2D eigenvalue weighted by Gasteiger charge is -2.40. The first kappa shape index (κ1) is 28.0. The van der Waals surface area contributed by atoms with Crippen LogP contribution in [0.2, 0.25) is 0 Å². The van der Waals surface area contributed by atoms with Crippen molar-refractivity contribution in [2.24, 2.45) is 17.8 Å². The molecule has 6 atom stereocenters. The van der Waals surface area contributed by atoms with Crippen molar-refractivity contribution in [2.45, 2.75) is 68.7 Å². The van der Waals surface area contributed by atoms with E-state index in [0.29, 0.717) is 32.6 Å². The van der Waals surface area contributed by atoms with E-state index in [2.05, 4.69) is 45.9 Å². The lowest BCUT2D eigenvalue weighted by molar-refractivity contribution is -0.147. The number of benzene rings is 1. The molecule has 1 aromatic carbocycles. The van der Waals surface area contributed by atoms with E-state index in [4.69, 9.17) is 0 Å². The summed E-state index contributed by atoms with van der Waals surface area (Å²) in [5.41, 5.74) is 1.02. The van der Waals surface area contributed by atoms with Gasteiger partial charge in [-0.15, -0.1) is 11.8 Å². The van der Waals surface area contributed by atoms with E-state index >= 15 is 0 Å². The number of carbonyl (C=O) groups is 3. The van der Waals surface area contributed by atoms with Crippen molar-refractivity contribution in [1.29, 1.82) is 0 Å². The molecule has 2 fully saturated rings. The monoisotopic (exact) mass is 551 g/mol. The minimum atomic E-state index is -0.890. The lowest BCUT2D eigenvalue weighted by atomic mass is 9.74. The maximum Gasteiger partial charge on any atom is 0.247 e. The third-order valence-corrected chi connectivity index (χ3v) is 10.5. The second kappa shape index (κ2) is 10.8. The normalized spacial score (nSPS) is 32.8. The zero-order chi connectivity index (χ0) is 27.9. The lowest BCUT2D eigenvalue weighted by Crippen LogP contribution is -2.56. The summed E-state index contributed by atoms with van der Waals surface area (Å²) in [7, 11) is 0. The highest BCUT2D eigenvalue weighted by atomic mass is 32.2. The summed E-state index contributed by atoms with van der Waals surface area (Å²) in [5.74, 6) is -1.33. The van der Waals surface area contributed by atoms with Gasteiger partial charge in [-0.05, 0) is 31.2 Å². The molecule has 5 rings (SSSR count). The Morgan fingerprint density at radius 2 is 1.67 bits per heavy atom. The molecule has 4 heterocycles. The second-order valence-electron chi connectivity index (χ2n) is 12.0. The Kier molecular flexibility index (Phi) is 7.72. The Balaban J connectivity index is 1.62. The minimum Gasteiger partial charge on any atom is -0.394 e. The highest BCUT2D eigenvalue weighted by molar-refractivity contribution is 8.02. The fourth-order valence-corrected chi connectivity index (χ4v) is 9.33. The molecule has 3 amide bonds. The molecule has 0 radical (unpaired) electrons. The van der Waals surface area contributed by atoms with E-state index < -0.39 is 33.4 Å². The van der Waals surface area contributed by atoms with Crippen molar-refractivity contribution >= 4 is 29.5 Å². The van der Waals surface area contributed by atoms with E-state index in [1.54, 1.807) is 16.7 Å². The number of hydrogen-bond acceptors (Lipinski definition) is 5. The summed E-state index contributed by atoms with van der Waals surface area (Å²) in [6, 6.07) is 8.60. The molecule has 4 aliphatic rings. The van der Waals surface area contributed by atoms with Gasteiger partial charge in [0, 0.05) is 30.9 Å². The van der Waals surface area contributed by atoms with Gasteiger partial charge >= 0.3 is 0 Å². The molecule has 39 heavy (non-hydrogen) atoms. The van der Waals surface area contributed by atoms with Crippen molar-refractivity contribution in [3.8, 4) is 0 Å². The summed E-state index contributed by atoms with van der Waals surface area (Å²) in [6.45, 7) is 10.0. The summed E-state index contributed by atoms with van der Waals surface area (Å²) in [5, 5.41) is 10.5. The summed E-state index contributed by atoms with van der Waals surface area (Å²) >= 11 is 1.60. The van der Waals surface area contributed by atoms with Crippen LogP contribution < -0.4 is 0 Å². The number of amides is 3. The molecule has 2 saturated heterocycles. The summed E-state index contributed by atoms with van der Waals surface area (Å²) in [4.78, 5) is 48.6. The Labute approximate surface area is 236 Å². The number of aliphatic hydroxyl groups is 1. The van der Waals surface area contributed by atoms with Crippen molar-refractivity contribution in [3.63, 3.8) is 0 Å². The number of likely N-dealkylation sites (tertiary alicyclic amines) is 1. The molecule has 8 heteroatoms. The fourth-order valence-electron chi connectivity index (χ4n) is 7.19. The average Bonchev–Trinajstić information content (AvgIpc) is 3.19. The Bertz CT molecular complexity index is 1170. The van der Waals surface area contributed by atoms with Crippen LogP contribution in [0.1, 0.15) is 46.1 Å². The summed E-state index contributed by atoms with van der Waals surface area (Å²) < 4.78 is -1.51. The highest BCUT2D eigenvalue weighted by Gasteiger charge is 2.74. The van der Waals surface area contributed by atoms with Gasteiger partial charge in [-0.1, -0.05) is 75.4 Å². The molecule has 1 spiro atoms. The Morgan fingerprint density at radius 3 is 2.33 bits per heavy atom. The Morgan fingerprint density at radius 1 is 0.974 bits per heavy atom. The predicted molar refractivity (Wildman–Crippen MR) is 154 cm³/mol. The van der Waals surface area contributed by atoms with Gasteiger partial charge in [-0.3, -0.25) is 14.4 Å². The van der Waals surface area contributed by atoms with E-state index in [1.807, 2.05) is 46.2 Å². The van der Waals surface area contributed by atoms with E-state index in [-0.39, 0.29) is 30.2 Å². The first-order valence-electron chi connectivity index (χ1n) is 14.3. The molecule has 7 nitrogen and oxygen atoms in total. The van der Waals surface area contributed by atoms with Crippen LogP contribution in [0.4, 0.5) is 0 Å². The van der Waals surface area contributed by atoms with Gasteiger partial charge in [0.25, 0.3) is 0 Å². The van der Waals surface area contributed by atoms with Crippen LogP contribution in [0.5, 0.6) is 0 Å². The van der Waals surface area contributed by atoms with Gasteiger partial charge in [-0.25, -0.2) is 0 Å². The number of thioether (sulfide) groups is 1. The Hall–Kier alpha value is -2.58. The number of aliphatic hydroxyl groups excluding tert-OH is 1. The topological polar surface area (TPSA) is 81.2 Å². The zero-order valence-corrected chi connectivity index (χ0v) is 24.3. The quantitative estimate of drug-likeness (QED) is 0.501. The molecule has 0 aromatic heterocycles. The SMILES string of the molecule is CCCN1CC=C[C@@]2(C)S[C@]34C=CCN(Cc5ccccc5)C(=O)C3N([C@@H](CO)CC(C)C)C(=O)[C@@H]4[C@H]2C1=O. The van der Waals surface area contributed by atoms with Crippen molar-refractivity contribution in [3.05, 3.63) is 60.2 Å². The van der Waals surface area contributed by atoms with Crippen LogP contribution >= 0.6 is 11.8 Å². The standard InChI is InChI=1S/C31H41N3O4S/c1-5-15-32-16-9-13-30(4)24(27(32)36)25-28(37)34(23(20-35)18-21(2)3)26-29(38)33(17-10-14-31(25,26)39-30)19-22-11-7-6-8-12-22/h6-14,21,23-26,35H,5,15-20H2,1-4H3/t23-,24+,25+,26?,30-,31+/m1/s1. The highest BCUT2D eigenvalue weighted by Crippen LogP contribution is 2.66. The molecule has 4 aliphatic heterocycles. The van der Waals surface area contributed by atoms with Gasteiger partial charge in [-0.2, -0.15) is 0 Å². The minimum absolute atomic E-state index is 0.0108. The van der Waals surface area contributed by atoms with Gasteiger partial charge in [0.15, 0.2) is 0 Å². The summed E-state index contributed by atoms with van der Waals surface area (Å²) in [6.07, 6.45) is 9.64. The zero-order valence-electron chi connectivity index (χ0n) is 23.5. The molecule has 210 valence electrons. The van der Waals surface area contributed by atoms with Crippen LogP contribution in [0, 0.1) is 17.8 Å². The van der Waals surface area contributed by atoms with Crippen molar-refractivity contribution < 1.29 is 19.5 Å². The van der Waals surface area contributed by atoms with Crippen LogP contribution in [0.25, 0.3) is 0 Å². The van der Waals surface area contributed by atoms with Gasteiger partial charge in [0.05, 0.1) is 29.2 Å². The number of rotatable bonds is 8. The molecule has 1 N–H and O–H groups in total. The van der Waals surface area contributed by atoms with Crippen LogP contribution in [0.3, 0.4) is 0 Å². The van der Waals surface area contributed by atoms with Crippen LogP contribution in [0.15, 0.2) is 54.6 Å². The molecular weight excluding hydrogens is 510 g/mol. The van der Waals surface area contributed by atoms with Crippen LogP contribution in [-0.4, -0.2) is 85.3 Å². The third kappa shape index (κ3) is 4.63. The number of fused-ring (bicyclic) bond motifs is 2. The second-order valence-corrected chi connectivity index (χ2v) is 13.8. The number of carbonyl (C=O) groups excluding carboxylic acids is 3. The van der Waals surface area contributed by atoms with Gasteiger partial charge < -0.3 is 19.8 Å². The predicted octanol–water partition coefficient (Wildman–Crippen LogP) is 3.49. The van der Waals surface area contributed by atoms with E-state index in [9.17, 15) is 19.5 Å². The smallest absolute Gasteiger partial charge is 0.247 e. The van der Waals surface area contributed by atoms with Gasteiger partial charge in [0.1, 0.15) is 6.04 Å². The average molecular weight is 552 g/mol. The number of nitrogens with zero attached hydrogens (tertiary/aromatic N) is 3. The van der Waals surface area contributed by atoms with Crippen molar-refractivity contribution in [1.82, 2.24) is 14.7 Å². The van der Waals surface area contributed by atoms with Gasteiger partial charge in [0.2, 0.25) is 17.7 Å².